The van der Waals surface area contributed by atoms with E-state index < -0.39 is 0 Å². The Morgan fingerprint density at radius 3 is 2.80 bits per heavy atom. The number of hydrogen-bond donors (Lipinski definition) is 2. The van der Waals surface area contributed by atoms with Crippen LogP contribution in [0.3, 0.4) is 0 Å². The van der Waals surface area contributed by atoms with Crippen LogP contribution in [0.4, 0.5) is 0 Å². The van der Waals surface area contributed by atoms with Gasteiger partial charge in [-0.2, -0.15) is 0 Å². The molecule has 4 nitrogen and oxygen atoms in total. The molecule has 0 radical (unpaired) electrons. The highest BCUT2D eigenvalue weighted by atomic mass is 32.1. The van der Waals surface area contributed by atoms with Gasteiger partial charge in [-0.3, -0.25) is 9.78 Å². The molecular formula is C15H15N3OS. The number of hydrogen-bond acceptors (Lipinski definition) is 3. The molecule has 0 atom stereocenters. The first kappa shape index (κ1) is 14.1. The van der Waals surface area contributed by atoms with Crippen molar-refractivity contribution in [3.05, 3.63) is 65.0 Å². The van der Waals surface area contributed by atoms with Crippen molar-refractivity contribution >= 4 is 23.1 Å². The van der Waals surface area contributed by atoms with E-state index in [0.717, 1.165) is 11.1 Å². The first-order valence-corrected chi connectivity index (χ1v) is 6.56. The van der Waals surface area contributed by atoms with Gasteiger partial charge in [0.05, 0.1) is 0 Å². The number of amides is 1. The van der Waals surface area contributed by atoms with Gasteiger partial charge in [0.1, 0.15) is 4.99 Å². The lowest BCUT2D eigenvalue weighted by molar-refractivity contribution is 0.0951. The van der Waals surface area contributed by atoms with Crippen LogP contribution in [-0.2, 0) is 6.54 Å². The van der Waals surface area contributed by atoms with Crippen molar-refractivity contribution in [2.75, 3.05) is 0 Å². The van der Waals surface area contributed by atoms with Gasteiger partial charge >= 0.3 is 0 Å². The van der Waals surface area contributed by atoms with E-state index in [2.05, 4.69) is 10.3 Å². The van der Waals surface area contributed by atoms with Crippen molar-refractivity contribution in [3.8, 4) is 0 Å². The summed E-state index contributed by atoms with van der Waals surface area (Å²) in [7, 11) is 0. The molecular weight excluding hydrogens is 270 g/mol. The number of aryl methyl sites for hydroxylation is 1. The molecule has 0 fully saturated rings. The van der Waals surface area contributed by atoms with Gasteiger partial charge in [-0.1, -0.05) is 24.4 Å². The molecule has 0 bridgehead atoms. The minimum atomic E-state index is -0.161. The van der Waals surface area contributed by atoms with E-state index in [9.17, 15) is 4.79 Å². The van der Waals surface area contributed by atoms with Crippen molar-refractivity contribution in [3.63, 3.8) is 0 Å². The fourth-order valence-corrected chi connectivity index (χ4v) is 1.90. The maximum absolute atomic E-state index is 12.1. The van der Waals surface area contributed by atoms with Crippen LogP contribution < -0.4 is 11.1 Å². The Labute approximate surface area is 123 Å². The van der Waals surface area contributed by atoms with Crippen LogP contribution in [-0.4, -0.2) is 15.9 Å². The van der Waals surface area contributed by atoms with Crippen LogP contribution in [0.5, 0.6) is 0 Å². The summed E-state index contributed by atoms with van der Waals surface area (Å²) in [5.74, 6) is -0.161. The van der Waals surface area contributed by atoms with E-state index >= 15 is 0 Å². The third-order valence-corrected chi connectivity index (χ3v) is 3.23. The summed E-state index contributed by atoms with van der Waals surface area (Å²) in [5.41, 5.74) is 8.87. The van der Waals surface area contributed by atoms with E-state index in [4.69, 9.17) is 18.0 Å². The Balaban J connectivity index is 2.07. The molecule has 1 heterocycles. The van der Waals surface area contributed by atoms with Crippen LogP contribution in [0, 0.1) is 6.92 Å². The number of nitrogens with one attached hydrogen (secondary N) is 1. The second-order valence-corrected chi connectivity index (χ2v) is 4.87. The Morgan fingerprint density at radius 2 is 2.10 bits per heavy atom. The van der Waals surface area contributed by atoms with Crippen LogP contribution in [0.1, 0.15) is 27.0 Å². The van der Waals surface area contributed by atoms with Crippen LogP contribution in [0.15, 0.2) is 42.7 Å². The molecule has 2 rings (SSSR count). The van der Waals surface area contributed by atoms with Crippen LogP contribution >= 0.6 is 12.2 Å². The lowest BCUT2D eigenvalue weighted by atomic mass is 10.1. The Hall–Kier alpha value is -2.27. The second-order valence-electron chi connectivity index (χ2n) is 4.43. The zero-order chi connectivity index (χ0) is 14.5. The van der Waals surface area contributed by atoms with E-state index in [1.54, 1.807) is 36.7 Å². The van der Waals surface area contributed by atoms with Gasteiger partial charge < -0.3 is 11.1 Å². The molecule has 0 unspecified atom stereocenters. The van der Waals surface area contributed by atoms with Crippen LogP contribution in [0.25, 0.3) is 0 Å². The van der Waals surface area contributed by atoms with Crippen molar-refractivity contribution in [2.45, 2.75) is 13.5 Å². The Bertz CT molecular complexity index is 655. The predicted molar refractivity (Wildman–Crippen MR) is 82.5 cm³/mol. The number of benzene rings is 1. The number of thiocarbonyl (C=S) groups is 1. The van der Waals surface area contributed by atoms with E-state index in [0.29, 0.717) is 17.7 Å². The standard InChI is InChI=1S/C15H15N3OS/c1-10-5-6-17-8-13(10)9-18-15(19)12-4-2-3-11(7-12)14(16)20/h2-8H,9H2,1H3,(H2,16,20)(H,18,19). The van der Waals surface area contributed by atoms with Crippen molar-refractivity contribution in [1.82, 2.24) is 10.3 Å². The number of pyridine rings is 1. The summed E-state index contributed by atoms with van der Waals surface area (Å²) in [6, 6.07) is 8.87. The van der Waals surface area contributed by atoms with Crippen molar-refractivity contribution in [1.29, 1.82) is 0 Å². The molecule has 0 saturated heterocycles. The van der Waals surface area contributed by atoms with E-state index in [-0.39, 0.29) is 10.9 Å². The number of carbonyl (C=O) groups excluding carboxylic acids is 1. The fraction of sp³-hybridized carbons (Fsp3) is 0.133. The van der Waals surface area contributed by atoms with Gasteiger partial charge in [-0.15, -0.1) is 0 Å². The molecule has 3 N–H and O–H groups in total. The van der Waals surface area contributed by atoms with Gasteiger partial charge in [0.2, 0.25) is 0 Å². The molecule has 0 spiro atoms. The number of rotatable bonds is 4. The number of nitrogens with two attached hydrogens (primary N) is 1. The molecule has 2 aromatic rings. The summed E-state index contributed by atoms with van der Waals surface area (Å²) in [6.45, 7) is 2.42. The monoisotopic (exact) mass is 285 g/mol. The number of nitrogens with zero attached hydrogens (tertiary/aromatic N) is 1. The first-order valence-electron chi connectivity index (χ1n) is 6.15. The second kappa shape index (κ2) is 6.25. The first-order chi connectivity index (χ1) is 9.58. The van der Waals surface area contributed by atoms with Gasteiger partial charge in [0, 0.05) is 30.1 Å². The zero-order valence-corrected chi connectivity index (χ0v) is 11.9. The summed E-state index contributed by atoms with van der Waals surface area (Å²) in [6.07, 6.45) is 3.48. The molecule has 1 amide bonds. The molecule has 5 heteroatoms. The van der Waals surface area contributed by atoms with E-state index in [1.807, 2.05) is 13.0 Å². The maximum Gasteiger partial charge on any atom is 0.251 e. The average Bonchev–Trinajstić information content (AvgIpc) is 2.46. The minimum Gasteiger partial charge on any atom is -0.389 e. The third kappa shape index (κ3) is 3.39. The number of aromatic nitrogens is 1. The molecule has 20 heavy (non-hydrogen) atoms. The van der Waals surface area contributed by atoms with Gasteiger partial charge in [-0.25, -0.2) is 0 Å². The molecule has 1 aromatic heterocycles. The summed E-state index contributed by atoms with van der Waals surface area (Å²) >= 11 is 4.90. The summed E-state index contributed by atoms with van der Waals surface area (Å²) in [4.78, 5) is 16.4. The van der Waals surface area contributed by atoms with Gasteiger partial charge in [-0.05, 0) is 36.2 Å². The predicted octanol–water partition coefficient (Wildman–Crippen LogP) is 1.95. The third-order valence-electron chi connectivity index (χ3n) is 3.00. The van der Waals surface area contributed by atoms with Crippen LogP contribution in [0.2, 0.25) is 0 Å². The molecule has 0 aliphatic heterocycles. The summed E-state index contributed by atoms with van der Waals surface area (Å²) < 4.78 is 0. The topological polar surface area (TPSA) is 68.0 Å². The van der Waals surface area contributed by atoms with Gasteiger partial charge in [0.25, 0.3) is 5.91 Å². The lowest BCUT2D eigenvalue weighted by Gasteiger charge is -2.08. The van der Waals surface area contributed by atoms with Crippen molar-refractivity contribution in [2.24, 2.45) is 5.73 Å². The molecule has 0 saturated carbocycles. The fourth-order valence-electron chi connectivity index (χ4n) is 1.77. The van der Waals surface area contributed by atoms with E-state index in [1.165, 1.54) is 0 Å². The quantitative estimate of drug-likeness (QED) is 0.843. The highest BCUT2D eigenvalue weighted by molar-refractivity contribution is 7.80. The SMILES string of the molecule is Cc1ccncc1CNC(=O)c1cccc(C(N)=S)c1. The summed E-state index contributed by atoms with van der Waals surface area (Å²) in [5, 5.41) is 2.86. The largest absolute Gasteiger partial charge is 0.389 e. The highest BCUT2D eigenvalue weighted by Gasteiger charge is 2.07. The maximum atomic E-state index is 12.1. The highest BCUT2D eigenvalue weighted by Crippen LogP contribution is 2.07. The zero-order valence-electron chi connectivity index (χ0n) is 11.1. The normalized spacial score (nSPS) is 10.1. The molecule has 1 aromatic carbocycles. The number of carbonyl (C=O) groups is 1. The van der Waals surface area contributed by atoms with Gasteiger partial charge in [0.15, 0.2) is 0 Å². The average molecular weight is 285 g/mol. The molecule has 0 aliphatic rings. The Kier molecular flexibility index (Phi) is 4.42. The minimum absolute atomic E-state index is 0.161. The molecule has 102 valence electrons. The lowest BCUT2D eigenvalue weighted by Crippen LogP contribution is -2.23. The molecule has 0 aliphatic carbocycles. The Morgan fingerprint density at radius 1 is 1.35 bits per heavy atom. The van der Waals surface area contributed by atoms with Crippen molar-refractivity contribution < 1.29 is 4.79 Å². The smallest absolute Gasteiger partial charge is 0.251 e.